The van der Waals surface area contributed by atoms with Crippen LogP contribution < -0.4 is 5.32 Å². The molecule has 2 amide bonds. The first-order valence-corrected chi connectivity index (χ1v) is 6.66. The van der Waals surface area contributed by atoms with Gasteiger partial charge in [0.1, 0.15) is 0 Å². The Balaban J connectivity index is 1.49. The number of likely N-dealkylation sites (tertiary alicyclic amines) is 1. The number of rotatable bonds is 2. The molecule has 2 fully saturated rings. The second kappa shape index (κ2) is 4.01. The van der Waals surface area contributed by atoms with Crippen LogP contribution in [0.15, 0.2) is 30.3 Å². The van der Waals surface area contributed by atoms with Gasteiger partial charge in [-0.2, -0.15) is 0 Å². The van der Waals surface area contributed by atoms with Gasteiger partial charge in [0, 0.05) is 19.6 Å². The van der Waals surface area contributed by atoms with Gasteiger partial charge in [0.25, 0.3) is 0 Å². The lowest BCUT2D eigenvalue weighted by Gasteiger charge is -2.22. The Bertz CT molecular complexity index is 441. The predicted octanol–water partition coefficient (Wildman–Crippen LogP) is 2.48. The molecule has 2 atom stereocenters. The van der Waals surface area contributed by atoms with Crippen LogP contribution in [0, 0.1) is 17.3 Å². The molecule has 2 unspecified atom stereocenters. The minimum Gasteiger partial charge on any atom is -0.334 e. The van der Waals surface area contributed by atoms with Gasteiger partial charge in [0.2, 0.25) is 0 Å². The zero-order valence-electron chi connectivity index (χ0n) is 11.0. The highest BCUT2D eigenvalue weighted by Gasteiger charge is 2.62. The van der Waals surface area contributed by atoms with E-state index in [1.165, 1.54) is 0 Å². The molecule has 0 aromatic heterocycles. The molecule has 3 heteroatoms. The van der Waals surface area contributed by atoms with Crippen LogP contribution >= 0.6 is 0 Å². The van der Waals surface area contributed by atoms with Gasteiger partial charge in [-0.3, -0.25) is 0 Å². The molecule has 1 aromatic carbocycles. The number of hydrogen-bond donors (Lipinski definition) is 1. The number of fused-ring (bicyclic) bond motifs is 1. The number of amides is 2. The summed E-state index contributed by atoms with van der Waals surface area (Å²) in [6, 6.07) is 10.1. The summed E-state index contributed by atoms with van der Waals surface area (Å²) in [7, 11) is 0. The molecule has 18 heavy (non-hydrogen) atoms. The Kier molecular flexibility index (Phi) is 2.58. The predicted molar refractivity (Wildman–Crippen MR) is 71.0 cm³/mol. The highest BCUT2D eigenvalue weighted by Crippen LogP contribution is 2.61. The lowest BCUT2D eigenvalue weighted by molar-refractivity contribution is 0.195. The van der Waals surface area contributed by atoms with Gasteiger partial charge in [-0.25, -0.2) is 4.79 Å². The Morgan fingerprint density at radius 3 is 2.50 bits per heavy atom. The average molecular weight is 244 g/mol. The zero-order valence-corrected chi connectivity index (χ0v) is 11.0. The quantitative estimate of drug-likeness (QED) is 0.851. The largest absolute Gasteiger partial charge is 0.334 e. The smallest absolute Gasteiger partial charge is 0.317 e. The lowest BCUT2D eigenvalue weighted by Crippen LogP contribution is -2.40. The lowest BCUT2D eigenvalue weighted by atomic mass is 10.1. The molecule has 2 aliphatic rings. The number of carbonyl (C=O) groups is 1. The molecular weight excluding hydrogens is 224 g/mol. The van der Waals surface area contributed by atoms with E-state index in [0.717, 1.165) is 30.5 Å². The molecule has 0 bridgehead atoms. The summed E-state index contributed by atoms with van der Waals surface area (Å²) in [4.78, 5) is 14.0. The van der Waals surface area contributed by atoms with E-state index in [2.05, 4.69) is 19.2 Å². The topological polar surface area (TPSA) is 32.3 Å². The molecule has 1 aliphatic carbocycles. The van der Waals surface area contributed by atoms with Gasteiger partial charge in [0.15, 0.2) is 0 Å². The Morgan fingerprint density at radius 2 is 1.89 bits per heavy atom. The second-order valence-electron chi connectivity index (χ2n) is 6.08. The number of nitrogens with zero attached hydrogens (tertiary/aromatic N) is 1. The van der Waals surface area contributed by atoms with Crippen LogP contribution in [0.25, 0.3) is 0 Å². The maximum absolute atomic E-state index is 12.0. The van der Waals surface area contributed by atoms with Crippen molar-refractivity contribution in [3.8, 4) is 0 Å². The summed E-state index contributed by atoms with van der Waals surface area (Å²) in [5, 5.41) is 3.00. The van der Waals surface area contributed by atoms with E-state index in [1.807, 2.05) is 35.2 Å². The molecule has 0 spiro atoms. The van der Waals surface area contributed by atoms with Crippen molar-refractivity contribution in [1.82, 2.24) is 10.2 Å². The molecule has 3 nitrogen and oxygen atoms in total. The SMILES string of the molecule is CC1(C)C2CN(C(=O)NCc3ccccc3)CC21. The molecule has 1 aromatic rings. The fraction of sp³-hybridized carbons (Fsp3) is 0.533. The third kappa shape index (κ3) is 1.88. The first kappa shape index (κ1) is 11.6. The summed E-state index contributed by atoms with van der Waals surface area (Å²) in [5.41, 5.74) is 1.62. The van der Waals surface area contributed by atoms with Gasteiger partial charge in [-0.1, -0.05) is 44.2 Å². The fourth-order valence-electron chi connectivity index (χ4n) is 3.18. The van der Waals surface area contributed by atoms with Gasteiger partial charge >= 0.3 is 6.03 Å². The highest BCUT2D eigenvalue weighted by molar-refractivity contribution is 5.74. The van der Waals surface area contributed by atoms with Crippen LogP contribution in [0.4, 0.5) is 4.79 Å². The number of benzene rings is 1. The summed E-state index contributed by atoms with van der Waals surface area (Å²) in [6.07, 6.45) is 0. The normalized spacial score (nSPS) is 27.8. The van der Waals surface area contributed by atoms with Crippen LogP contribution in [0.2, 0.25) is 0 Å². The van der Waals surface area contributed by atoms with Gasteiger partial charge in [0.05, 0.1) is 0 Å². The Labute approximate surface area is 108 Å². The molecule has 1 N–H and O–H groups in total. The van der Waals surface area contributed by atoms with Crippen molar-refractivity contribution >= 4 is 6.03 Å². The van der Waals surface area contributed by atoms with E-state index < -0.39 is 0 Å². The summed E-state index contributed by atoms with van der Waals surface area (Å²) < 4.78 is 0. The van der Waals surface area contributed by atoms with E-state index >= 15 is 0 Å². The first-order valence-electron chi connectivity index (χ1n) is 6.66. The number of nitrogens with one attached hydrogen (secondary N) is 1. The molecule has 96 valence electrons. The summed E-state index contributed by atoms with van der Waals surface area (Å²) in [5.74, 6) is 1.44. The van der Waals surface area contributed by atoms with Crippen molar-refractivity contribution in [2.45, 2.75) is 20.4 Å². The van der Waals surface area contributed by atoms with E-state index in [0.29, 0.717) is 12.0 Å². The van der Waals surface area contributed by atoms with Gasteiger partial charge in [-0.15, -0.1) is 0 Å². The second-order valence-corrected chi connectivity index (χ2v) is 6.08. The average Bonchev–Trinajstić information content (AvgIpc) is 2.78. The molecular formula is C15H20N2O. The molecule has 0 radical (unpaired) electrons. The molecule has 1 aliphatic heterocycles. The van der Waals surface area contributed by atoms with Crippen molar-refractivity contribution in [2.75, 3.05) is 13.1 Å². The third-order valence-corrected chi connectivity index (χ3v) is 4.70. The van der Waals surface area contributed by atoms with Crippen molar-refractivity contribution < 1.29 is 4.79 Å². The summed E-state index contributed by atoms with van der Waals surface area (Å²) >= 11 is 0. The Hall–Kier alpha value is -1.51. The summed E-state index contributed by atoms with van der Waals surface area (Å²) in [6.45, 7) is 7.09. The maximum Gasteiger partial charge on any atom is 0.317 e. The number of urea groups is 1. The Morgan fingerprint density at radius 1 is 1.28 bits per heavy atom. The van der Waals surface area contributed by atoms with Crippen molar-refractivity contribution in [1.29, 1.82) is 0 Å². The number of hydrogen-bond acceptors (Lipinski definition) is 1. The molecule has 1 saturated carbocycles. The standard InChI is InChI=1S/C15H20N2O/c1-15(2)12-9-17(10-13(12)15)14(18)16-8-11-6-4-3-5-7-11/h3-7,12-13H,8-10H2,1-2H3,(H,16,18). The zero-order chi connectivity index (χ0) is 12.8. The highest BCUT2D eigenvalue weighted by atomic mass is 16.2. The van der Waals surface area contributed by atoms with Crippen LogP contribution in [-0.2, 0) is 6.54 Å². The van der Waals surface area contributed by atoms with Crippen LogP contribution in [-0.4, -0.2) is 24.0 Å². The maximum atomic E-state index is 12.0. The fourth-order valence-corrected chi connectivity index (χ4v) is 3.18. The molecule has 1 saturated heterocycles. The van der Waals surface area contributed by atoms with E-state index in [4.69, 9.17) is 0 Å². The molecule has 3 rings (SSSR count). The third-order valence-electron chi connectivity index (χ3n) is 4.70. The van der Waals surface area contributed by atoms with E-state index in [-0.39, 0.29) is 6.03 Å². The number of piperidine rings is 1. The van der Waals surface area contributed by atoms with Crippen molar-refractivity contribution in [3.05, 3.63) is 35.9 Å². The number of carbonyl (C=O) groups excluding carboxylic acids is 1. The van der Waals surface area contributed by atoms with E-state index in [1.54, 1.807) is 0 Å². The van der Waals surface area contributed by atoms with Crippen molar-refractivity contribution in [2.24, 2.45) is 17.3 Å². The minimum absolute atomic E-state index is 0.0850. The molecule has 1 heterocycles. The van der Waals surface area contributed by atoms with Crippen LogP contribution in [0.5, 0.6) is 0 Å². The van der Waals surface area contributed by atoms with E-state index in [9.17, 15) is 4.79 Å². The van der Waals surface area contributed by atoms with Crippen LogP contribution in [0.3, 0.4) is 0 Å². The van der Waals surface area contributed by atoms with Crippen molar-refractivity contribution in [3.63, 3.8) is 0 Å². The van der Waals surface area contributed by atoms with Crippen LogP contribution in [0.1, 0.15) is 19.4 Å². The monoisotopic (exact) mass is 244 g/mol. The first-order chi connectivity index (χ1) is 8.59. The minimum atomic E-state index is 0.0850. The van der Waals surface area contributed by atoms with Gasteiger partial charge < -0.3 is 10.2 Å². The van der Waals surface area contributed by atoms with Gasteiger partial charge in [-0.05, 0) is 22.8 Å².